The number of imidazole rings is 3. The number of rotatable bonds is 30. The predicted octanol–water partition coefficient (Wildman–Crippen LogP) is 2.87. The fourth-order valence-electron chi connectivity index (χ4n) is 9.63. The molecule has 9 atom stereocenters. The van der Waals surface area contributed by atoms with E-state index in [-0.39, 0.29) is 72.0 Å². The maximum absolute atomic E-state index is 13.8. The van der Waals surface area contributed by atoms with E-state index < -0.39 is 77.2 Å². The summed E-state index contributed by atoms with van der Waals surface area (Å²) in [4.78, 5) is 82.5. The standard InChI is InChI=1S/C44H66N16O14P2/c1-2-3-4-5-6-7-8-9-10-11-12-13-14-15-29(61)48-19-28-34(63)36(74-75(64,65)66)44(72-28,60-25-57-32-39(47)51-22-54-42(32)60)18-27-33(62)35(43(71-27)59-24-56-31-38(46)50-21-53-41(31)59)73-76(67,68)70-17-16-69-26-58-23-55-30-37(45)49-20-52-40(30)58/h20-25,27-28,33-36,43,62-63H,2-19,26H2,1H3,(H,48,61)(H,67,68)(H2,45,49,52)(H2,46,50,53)(H2,47,51,54)(H2,64,65,66). The van der Waals surface area contributed by atoms with Crippen LogP contribution in [0.15, 0.2) is 38.0 Å². The fourth-order valence-corrected chi connectivity index (χ4v) is 11.1. The molecule has 2 aliphatic rings. The van der Waals surface area contributed by atoms with Crippen molar-refractivity contribution >= 4 is 72.5 Å². The molecule has 1 amide bonds. The summed E-state index contributed by atoms with van der Waals surface area (Å²) in [5.41, 5.74) is 16.6. The molecule has 0 bridgehead atoms. The van der Waals surface area contributed by atoms with E-state index in [9.17, 15) is 38.8 Å². The molecule has 2 aliphatic heterocycles. The molecule has 9 unspecified atom stereocenters. The van der Waals surface area contributed by atoms with Gasteiger partial charge in [-0.25, -0.2) is 54.0 Å². The second-order valence-corrected chi connectivity index (χ2v) is 21.3. The van der Waals surface area contributed by atoms with E-state index in [1.165, 1.54) is 84.0 Å². The number of ether oxygens (including phenoxy) is 3. The van der Waals surface area contributed by atoms with Crippen LogP contribution in [0.2, 0.25) is 0 Å². The lowest BCUT2D eigenvalue weighted by atomic mass is 9.93. The number of unbranched alkanes of at least 4 members (excludes halogenated alkanes) is 12. The van der Waals surface area contributed by atoms with Crippen molar-refractivity contribution in [2.75, 3.05) is 37.0 Å². The van der Waals surface area contributed by atoms with Crippen molar-refractivity contribution in [2.45, 2.75) is 159 Å². The van der Waals surface area contributed by atoms with Crippen LogP contribution in [0.25, 0.3) is 33.5 Å². The number of hydrogen-bond donors (Lipinski definition) is 9. The second-order valence-electron chi connectivity index (χ2n) is 18.7. The third kappa shape index (κ3) is 13.4. The number of phosphoric acid groups is 2. The van der Waals surface area contributed by atoms with Gasteiger partial charge in [0.2, 0.25) is 5.91 Å². The van der Waals surface area contributed by atoms with E-state index >= 15 is 0 Å². The van der Waals surface area contributed by atoms with Crippen molar-refractivity contribution in [3.8, 4) is 0 Å². The normalized spacial score (nSPS) is 23.8. The number of nitrogens with zero attached hydrogens (tertiary/aromatic N) is 12. The van der Waals surface area contributed by atoms with Crippen LogP contribution in [-0.4, -0.2) is 146 Å². The highest BCUT2D eigenvalue weighted by atomic mass is 31.2. The molecule has 30 nitrogen and oxygen atoms in total. The number of aliphatic hydroxyl groups is 2. The Morgan fingerprint density at radius 1 is 0.697 bits per heavy atom. The Balaban J connectivity index is 0.992. The molecule has 32 heteroatoms. The highest BCUT2D eigenvalue weighted by Gasteiger charge is 2.63. The van der Waals surface area contributed by atoms with E-state index in [1.807, 2.05) is 0 Å². The van der Waals surface area contributed by atoms with Gasteiger partial charge in [0.25, 0.3) is 0 Å². The number of nitrogens with two attached hydrogens (primary N) is 3. The number of carbonyl (C=O) groups excluding carboxylic acids is 1. The highest BCUT2D eigenvalue weighted by Crippen LogP contribution is 2.54. The number of aromatic nitrogens is 12. The van der Waals surface area contributed by atoms with Crippen LogP contribution >= 0.6 is 15.6 Å². The number of nitrogens with one attached hydrogen (secondary N) is 1. The third-order valence-corrected chi connectivity index (χ3v) is 14.9. The van der Waals surface area contributed by atoms with Gasteiger partial charge in [-0.1, -0.05) is 84.0 Å². The quantitative estimate of drug-likeness (QED) is 0.0231. The molecule has 0 aromatic carbocycles. The van der Waals surface area contributed by atoms with E-state index in [2.05, 4.69) is 57.1 Å². The third-order valence-electron chi connectivity index (χ3n) is 13.4. The van der Waals surface area contributed by atoms with Crippen LogP contribution in [-0.2, 0) is 54.2 Å². The van der Waals surface area contributed by atoms with Gasteiger partial charge < -0.3 is 61.6 Å². The predicted molar refractivity (Wildman–Crippen MR) is 269 cm³/mol. The van der Waals surface area contributed by atoms with Crippen molar-refractivity contribution in [3.63, 3.8) is 0 Å². The van der Waals surface area contributed by atoms with Gasteiger partial charge in [-0.05, 0) is 6.42 Å². The molecule has 76 heavy (non-hydrogen) atoms. The summed E-state index contributed by atoms with van der Waals surface area (Å²) in [6.07, 6.45) is 9.13. The molecule has 0 aliphatic carbocycles. The summed E-state index contributed by atoms with van der Waals surface area (Å²) in [5.74, 6) is -0.328. The molecular formula is C44H66N16O14P2. The van der Waals surface area contributed by atoms with Gasteiger partial charge in [0.15, 0.2) is 46.3 Å². The van der Waals surface area contributed by atoms with Gasteiger partial charge in [-0.15, -0.1) is 0 Å². The van der Waals surface area contributed by atoms with Crippen LogP contribution in [0, 0.1) is 0 Å². The molecular weight excluding hydrogens is 1040 g/mol. The maximum Gasteiger partial charge on any atom is 0.472 e. The average molecular weight is 1110 g/mol. The van der Waals surface area contributed by atoms with Crippen molar-refractivity contribution in [3.05, 3.63) is 38.0 Å². The Kier molecular flexibility index (Phi) is 18.9. The zero-order valence-electron chi connectivity index (χ0n) is 41.8. The van der Waals surface area contributed by atoms with Gasteiger partial charge in [0.05, 0.1) is 38.3 Å². The molecule has 8 rings (SSSR count). The maximum atomic E-state index is 13.8. The molecule has 0 radical (unpaired) electrons. The molecule has 2 fully saturated rings. The zero-order valence-corrected chi connectivity index (χ0v) is 43.6. The number of aliphatic hydroxyl groups excluding tert-OH is 2. The highest BCUT2D eigenvalue weighted by molar-refractivity contribution is 7.47. The lowest BCUT2D eigenvalue weighted by Crippen LogP contribution is -2.50. The molecule has 0 spiro atoms. The molecule has 12 N–H and O–H groups in total. The van der Waals surface area contributed by atoms with Gasteiger partial charge in [-0.2, -0.15) is 0 Å². The first-order valence-corrected chi connectivity index (χ1v) is 28.2. The second kappa shape index (κ2) is 25.3. The number of anilines is 3. The minimum absolute atomic E-state index is 0.0120. The minimum Gasteiger partial charge on any atom is -0.387 e. The van der Waals surface area contributed by atoms with Crippen LogP contribution in [0.1, 0.15) is 109 Å². The van der Waals surface area contributed by atoms with E-state index in [1.54, 1.807) is 0 Å². The van der Waals surface area contributed by atoms with Crippen molar-refractivity contribution in [1.82, 2.24) is 63.9 Å². The van der Waals surface area contributed by atoms with Crippen molar-refractivity contribution in [1.29, 1.82) is 0 Å². The fraction of sp³-hybridized carbons (Fsp3) is 0.636. The summed E-state index contributed by atoms with van der Waals surface area (Å²) in [5, 5.41) is 27.0. The van der Waals surface area contributed by atoms with Crippen molar-refractivity contribution in [2.24, 2.45) is 0 Å². The molecule has 0 saturated carbocycles. The summed E-state index contributed by atoms with van der Waals surface area (Å²) in [7, 11) is -10.7. The van der Waals surface area contributed by atoms with E-state index in [0.717, 1.165) is 44.7 Å². The Hall–Kier alpha value is -5.46. The van der Waals surface area contributed by atoms with Crippen molar-refractivity contribution < 1.29 is 66.6 Å². The first-order valence-electron chi connectivity index (χ1n) is 25.2. The zero-order chi connectivity index (χ0) is 54.0. The van der Waals surface area contributed by atoms with Gasteiger partial charge >= 0.3 is 15.6 Å². The topological polar surface area (TPSA) is 429 Å². The first kappa shape index (κ1) is 56.7. The molecule has 8 heterocycles. The van der Waals surface area contributed by atoms with Crippen LogP contribution < -0.4 is 22.5 Å². The van der Waals surface area contributed by atoms with Gasteiger partial charge in [0.1, 0.15) is 72.8 Å². The number of fused-ring (bicyclic) bond motifs is 3. The largest absolute Gasteiger partial charge is 0.472 e. The van der Waals surface area contributed by atoms with E-state index in [4.69, 9.17) is 45.0 Å². The molecule has 2 saturated heterocycles. The smallest absolute Gasteiger partial charge is 0.387 e. The molecule has 6 aromatic rings. The summed E-state index contributed by atoms with van der Waals surface area (Å²) in [6, 6.07) is 0. The van der Waals surface area contributed by atoms with Crippen LogP contribution in [0.4, 0.5) is 17.5 Å². The minimum atomic E-state index is -5.53. The summed E-state index contributed by atoms with van der Waals surface area (Å²) in [6.45, 7) is 0.993. The monoisotopic (exact) mass is 1100 g/mol. The number of carbonyl (C=O) groups is 1. The van der Waals surface area contributed by atoms with Crippen LogP contribution in [0.5, 0.6) is 0 Å². The Labute approximate surface area is 435 Å². The molecule has 6 aromatic heterocycles. The Morgan fingerprint density at radius 2 is 1.26 bits per heavy atom. The van der Waals surface area contributed by atoms with Gasteiger partial charge in [0, 0.05) is 19.4 Å². The van der Waals surface area contributed by atoms with Crippen LogP contribution in [0.3, 0.4) is 0 Å². The SMILES string of the molecule is CCCCCCCCCCCCCCCC(=O)NCC1OC(CC2OC(n3cnc4c(N)ncnc43)C(OP(=O)(O)OCCOCn3cnc4c(N)ncnc43)C2O)(n2cnc3c(N)ncnc32)C(OP(=O)(O)O)C1O. The lowest BCUT2D eigenvalue weighted by Gasteiger charge is -2.38. The molecule has 416 valence electrons. The van der Waals surface area contributed by atoms with Gasteiger partial charge in [-0.3, -0.25) is 32.1 Å². The Bertz CT molecular complexity index is 2980. The number of amides is 1. The average Bonchev–Trinajstić information content (AvgIpc) is 4.29. The Morgan fingerprint density at radius 3 is 1.91 bits per heavy atom. The number of nitrogen functional groups attached to an aromatic ring is 3. The lowest BCUT2D eigenvalue weighted by molar-refractivity contribution is -0.170. The van der Waals surface area contributed by atoms with E-state index in [0.29, 0.717) is 17.6 Å². The summed E-state index contributed by atoms with van der Waals surface area (Å²) >= 11 is 0. The summed E-state index contributed by atoms with van der Waals surface area (Å²) < 4.78 is 65.6. The number of hydrogen-bond acceptors (Lipinski definition) is 23. The first-order chi connectivity index (χ1) is 36.5. The number of phosphoric ester groups is 2.